The molecule has 17 heavy (non-hydrogen) atoms. The van der Waals surface area contributed by atoms with Crippen molar-refractivity contribution >= 4 is 11.8 Å². The minimum atomic E-state index is -0.693. The first-order valence-corrected chi connectivity index (χ1v) is 6.00. The molecule has 1 aliphatic heterocycles. The van der Waals surface area contributed by atoms with E-state index in [-0.39, 0.29) is 6.42 Å². The Bertz CT molecular complexity index is 361. The summed E-state index contributed by atoms with van der Waals surface area (Å²) in [4.78, 5) is 12.7. The second-order valence-electron chi connectivity index (χ2n) is 4.44. The van der Waals surface area contributed by atoms with Crippen molar-refractivity contribution in [1.82, 2.24) is 10.2 Å². The van der Waals surface area contributed by atoms with Gasteiger partial charge >= 0.3 is 5.97 Å². The highest BCUT2D eigenvalue weighted by Crippen LogP contribution is 2.24. The van der Waals surface area contributed by atoms with E-state index in [1.807, 2.05) is 12.1 Å². The predicted octanol–water partition coefficient (Wildman–Crippen LogP) is 1.56. The lowest BCUT2D eigenvalue weighted by Crippen LogP contribution is -2.34. The topological polar surface area (TPSA) is 66.3 Å². The summed E-state index contributed by atoms with van der Waals surface area (Å²) in [5.74, 6) is 0.768. The maximum atomic E-state index is 10.5. The van der Waals surface area contributed by atoms with Crippen molar-refractivity contribution in [2.24, 2.45) is 5.92 Å². The van der Waals surface area contributed by atoms with Crippen molar-refractivity contribution in [2.75, 3.05) is 18.0 Å². The van der Waals surface area contributed by atoms with Gasteiger partial charge in [0.25, 0.3) is 0 Å². The smallest absolute Gasteiger partial charge is 0.303 e. The molecule has 2 rings (SSSR count). The van der Waals surface area contributed by atoms with Crippen LogP contribution in [0.25, 0.3) is 0 Å². The molecule has 5 nitrogen and oxygen atoms in total. The van der Waals surface area contributed by atoms with Gasteiger partial charge in [-0.25, -0.2) is 0 Å². The van der Waals surface area contributed by atoms with Crippen molar-refractivity contribution in [3.8, 4) is 0 Å². The number of aromatic nitrogens is 2. The molecule has 2 heterocycles. The summed E-state index contributed by atoms with van der Waals surface area (Å²) >= 11 is 0. The molecule has 1 saturated heterocycles. The van der Waals surface area contributed by atoms with E-state index in [4.69, 9.17) is 5.11 Å². The quantitative estimate of drug-likeness (QED) is 0.857. The Hall–Kier alpha value is -1.65. The van der Waals surface area contributed by atoms with E-state index >= 15 is 0 Å². The largest absolute Gasteiger partial charge is 0.481 e. The number of nitrogens with zero attached hydrogens (tertiary/aromatic N) is 3. The number of rotatable bonds is 4. The van der Waals surface area contributed by atoms with Gasteiger partial charge in [-0.3, -0.25) is 4.79 Å². The molecule has 0 aromatic carbocycles. The zero-order valence-electron chi connectivity index (χ0n) is 9.75. The average Bonchev–Trinajstić information content (AvgIpc) is 2.38. The molecule has 5 heteroatoms. The summed E-state index contributed by atoms with van der Waals surface area (Å²) < 4.78 is 0. The number of carboxylic acid groups (broad SMARTS) is 1. The van der Waals surface area contributed by atoms with E-state index < -0.39 is 5.97 Å². The Morgan fingerprint density at radius 2 is 2.24 bits per heavy atom. The van der Waals surface area contributed by atoms with Crippen LogP contribution in [0.4, 0.5) is 5.82 Å². The van der Waals surface area contributed by atoms with Gasteiger partial charge in [-0.1, -0.05) is 0 Å². The monoisotopic (exact) mass is 235 g/mol. The van der Waals surface area contributed by atoms with Crippen LogP contribution < -0.4 is 4.90 Å². The van der Waals surface area contributed by atoms with Crippen LogP contribution in [-0.4, -0.2) is 34.4 Å². The highest BCUT2D eigenvalue weighted by molar-refractivity contribution is 5.66. The van der Waals surface area contributed by atoms with Crippen LogP contribution in [0.2, 0.25) is 0 Å². The minimum Gasteiger partial charge on any atom is -0.481 e. The van der Waals surface area contributed by atoms with Gasteiger partial charge in [0.1, 0.15) is 0 Å². The molecule has 1 N–H and O–H groups in total. The van der Waals surface area contributed by atoms with Gasteiger partial charge < -0.3 is 10.0 Å². The lowest BCUT2D eigenvalue weighted by Gasteiger charge is -2.32. The van der Waals surface area contributed by atoms with Crippen LogP contribution in [-0.2, 0) is 4.79 Å². The van der Waals surface area contributed by atoms with Crippen LogP contribution in [0.1, 0.15) is 25.7 Å². The summed E-state index contributed by atoms with van der Waals surface area (Å²) in [5, 5.41) is 16.6. The van der Waals surface area contributed by atoms with E-state index in [0.29, 0.717) is 5.92 Å². The summed E-state index contributed by atoms with van der Waals surface area (Å²) in [7, 11) is 0. The summed E-state index contributed by atoms with van der Waals surface area (Å²) in [6.07, 6.45) is 4.84. The van der Waals surface area contributed by atoms with E-state index in [9.17, 15) is 4.79 Å². The van der Waals surface area contributed by atoms with Crippen LogP contribution in [0.15, 0.2) is 18.3 Å². The first-order chi connectivity index (χ1) is 8.25. The van der Waals surface area contributed by atoms with Gasteiger partial charge in [0.05, 0.1) is 0 Å². The summed E-state index contributed by atoms with van der Waals surface area (Å²) in [5.41, 5.74) is 0. The molecule has 1 aromatic rings. The number of anilines is 1. The van der Waals surface area contributed by atoms with Gasteiger partial charge in [-0.05, 0) is 37.3 Å². The summed E-state index contributed by atoms with van der Waals surface area (Å²) in [6.45, 7) is 1.89. The van der Waals surface area contributed by atoms with Gasteiger partial charge in [0.15, 0.2) is 5.82 Å². The van der Waals surface area contributed by atoms with Gasteiger partial charge in [0.2, 0.25) is 0 Å². The Labute approximate surface area is 100 Å². The number of carbonyl (C=O) groups is 1. The molecule has 1 fully saturated rings. The zero-order valence-corrected chi connectivity index (χ0v) is 9.75. The Kier molecular flexibility index (Phi) is 3.90. The standard InChI is InChI=1S/C12H17N3O2/c16-12(17)4-3-10-5-8-15(9-6-10)11-2-1-7-13-14-11/h1-2,7,10H,3-6,8-9H2,(H,16,17). The van der Waals surface area contributed by atoms with Crippen molar-refractivity contribution in [3.63, 3.8) is 0 Å². The maximum Gasteiger partial charge on any atom is 0.303 e. The molecule has 0 spiro atoms. The number of hydrogen-bond acceptors (Lipinski definition) is 4. The van der Waals surface area contributed by atoms with Crippen molar-refractivity contribution < 1.29 is 9.90 Å². The Morgan fingerprint density at radius 1 is 1.47 bits per heavy atom. The molecule has 0 unspecified atom stereocenters. The van der Waals surface area contributed by atoms with Gasteiger partial charge in [-0.2, -0.15) is 5.10 Å². The summed E-state index contributed by atoms with van der Waals surface area (Å²) in [6, 6.07) is 3.85. The second-order valence-corrected chi connectivity index (χ2v) is 4.44. The predicted molar refractivity (Wildman–Crippen MR) is 63.8 cm³/mol. The fourth-order valence-corrected chi connectivity index (χ4v) is 2.24. The van der Waals surface area contributed by atoms with E-state index in [1.54, 1.807) is 6.20 Å². The molecule has 0 saturated carbocycles. The molecule has 0 atom stereocenters. The number of hydrogen-bond donors (Lipinski definition) is 1. The fraction of sp³-hybridized carbons (Fsp3) is 0.583. The molecular formula is C12H17N3O2. The lowest BCUT2D eigenvalue weighted by molar-refractivity contribution is -0.137. The zero-order chi connectivity index (χ0) is 12.1. The first-order valence-electron chi connectivity index (χ1n) is 6.00. The highest BCUT2D eigenvalue weighted by Gasteiger charge is 2.20. The lowest BCUT2D eigenvalue weighted by atomic mass is 9.92. The van der Waals surface area contributed by atoms with E-state index in [2.05, 4.69) is 15.1 Å². The Morgan fingerprint density at radius 3 is 2.82 bits per heavy atom. The molecule has 92 valence electrons. The minimum absolute atomic E-state index is 0.288. The molecule has 0 radical (unpaired) electrons. The van der Waals surface area contributed by atoms with Gasteiger partial charge in [-0.15, -0.1) is 5.10 Å². The van der Waals surface area contributed by atoms with Gasteiger partial charge in [0, 0.05) is 25.7 Å². The van der Waals surface area contributed by atoms with Crippen LogP contribution in [0, 0.1) is 5.92 Å². The highest BCUT2D eigenvalue weighted by atomic mass is 16.4. The number of carboxylic acids is 1. The molecule has 0 aliphatic carbocycles. The van der Waals surface area contributed by atoms with E-state index in [1.165, 1.54) is 0 Å². The van der Waals surface area contributed by atoms with Crippen LogP contribution >= 0.6 is 0 Å². The van der Waals surface area contributed by atoms with Crippen molar-refractivity contribution in [3.05, 3.63) is 18.3 Å². The first kappa shape index (κ1) is 11.8. The van der Waals surface area contributed by atoms with Crippen LogP contribution in [0.3, 0.4) is 0 Å². The normalized spacial score (nSPS) is 17.1. The third-order valence-corrected chi connectivity index (χ3v) is 3.26. The molecular weight excluding hydrogens is 218 g/mol. The number of piperidine rings is 1. The Balaban J connectivity index is 1.80. The molecule has 0 bridgehead atoms. The maximum absolute atomic E-state index is 10.5. The third-order valence-electron chi connectivity index (χ3n) is 3.26. The molecule has 1 aromatic heterocycles. The van der Waals surface area contributed by atoms with Crippen molar-refractivity contribution in [2.45, 2.75) is 25.7 Å². The second kappa shape index (κ2) is 5.61. The van der Waals surface area contributed by atoms with Crippen LogP contribution in [0.5, 0.6) is 0 Å². The SMILES string of the molecule is O=C(O)CCC1CCN(c2cccnn2)CC1. The molecule has 1 aliphatic rings. The third kappa shape index (κ3) is 3.41. The number of aliphatic carboxylic acids is 1. The molecule has 0 amide bonds. The van der Waals surface area contributed by atoms with E-state index in [0.717, 1.165) is 38.2 Å². The average molecular weight is 235 g/mol. The fourth-order valence-electron chi connectivity index (χ4n) is 2.24. The van der Waals surface area contributed by atoms with Crippen molar-refractivity contribution in [1.29, 1.82) is 0 Å².